The third-order valence-corrected chi connectivity index (χ3v) is 3.87. The summed E-state index contributed by atoms with van der Waals surface area (Å²) in [5.41, 5.74) is 6.14. The van der Waals surface area contributed by atoms with Crippen LogP contribution >= 0.6 is 0 Å². The molecule has 1 fully saturated rings. The summed E-state index contributed by atoms with van der Waals surface area (Å²) in [7, 11) is 0. The first-order valence-electron chi connectivity index (χ1n) is 6.14. The van der Waals surface area contributed by atoms with Gasteiger partial charge in [-0.25, -0.2) is 8.78 Å². The topological polar surface area (TPSA) is 46.3 Å². The molecule has 1 aliphatic carbocycles. The first-order valence-corrected chi connectivity index (χ1v) is 6.14. The van der Waals surface area contributed by atoms with Gasteiger partial charge in [-0.3, -0.25) is 4.79 Å². The summed E-state index contributed by atoms with van der Waals surface area (Å²) in [6, 6.07) is 0.974. The van der Waals surface area contributed by atoms with Gasteiger partial charge in [0.25, 0.3) is 0 Å². The fourth-order valence-electron chi connectivity index (χ4n) is 2.63. The number of hydrogen-bond acceptors (Lipinski definition) is 2. The second kappa shape index (κ2) is 4.02. The standard InChI is InChI=1S/C13H14F2N2O/c14-8-4-9(15)11-10(5-8)17(13(18)12(11)16)6-7-2-1-3-7/h4-5,7,12H,1-3,6,16H2. The van der Waals surface area contributed by atoms with Crippen LogP contribution < -0.4 is 10.6 Å². The Hall–Kier alpha value is -1.49. The maximum atomic E-state index is 13.7. The average Bonchev–Trinajstić information content (AvgIpc) is 2.47. The number of nitrogens with two attached hydrogens (primary N) is 1. The molecule has 0 saturated heterocycles. The highest BCUT2D eigenvalue weighted by Gasteiger charge is 2.39. The van der Waals surface area contributed by atoms with Crippen molar-refractivity contribution in [3.63, 3.8) is 0 Å². The zero-order chi connectivity index (χ0) is 12.9. The van der Waals surface area contributed by atoms with Crippen molar-refractivity contribution in [2.75, 3.05) is 11.4 Å². The second-order valence-corrected chi connectivity index (χ2v) is 5.04. The van der Waals surface area contributed by atoms with Gasteiger partial charge in [-0.15, -0.1) is 0 Å². The van der Waals surface area contributed by atoms with Crippen LogP contribution in [0.1, 0.15) is 30.9 Å². The van der Waals surface area contributed by atoms with E-state index in [4.69, 9.17) is 5.73 Å². The van der Waals surface area contributed by atoms with Crippen molar-refractivity contribution in [2.45, 2.75) is 25.3 Å². The molecule has 0 aromatic heterocycles. The van der Waals surface area contributed by atoms with E-state index in [1.54, 1.807) is 0 Å². The van der Waals surface area contributed by atoms with Gasteiger partial charge in [-0.1, -0.05) is 6.42 Å². The largest absolute Gasteiger partial charge is 0.316 e. The molecule has 0 spiro atoms. The molecule has 1 unspecified atom stereocenters. The fourth-order valence-corrected chi connectivity index (χ4v) is 2.63. The second-order valence-electron chi connectivity index (χ2n) is 5.04. The molecule has 1 aromatic carbocycles. The number of halogens is 2. The molecule has 0 radical (unpaired) electrons. The summed E-state index contributed by atoms with van der Waals surface area (Å²) >= 11 is 0. The van der Waals surface area contributed by atoms with Crippen LogP contribution in [0.2, 0.25) is 0 Å². The predicted molar refractivity (Wildman–Crippen MR) is 63.0 cm³/mol. The minimum atomic E-state index is -0.999. The summed E-state index contributed by atoms with van der Waals surface area (Å²) in [4.78, 5) is 13.5. The molecule has 1 atom stereocenters. The lowest BCUT2D eigenvalue weighted by molar-refractivity contribution is -0.119. The van der Waals surface area contributed by atoms with Gasteiger partial charge in [0.15, 0.2) is 0 Å². The lowest BCUT2D eigenvalue weighted by Crippen LogP contribution is -2.37. The lowest BCUT2D eigenvalue weighted by Gasteiger charge is -2.30. The summed E-state index contributed by atoms with van der Waals surface area (Å²) in [6.07, 6.45) is 3.28. The molecule has 1 aliphatic heterocycles. The Morgan fingerprint density at radius 3 is 2.67 bits per heavy atom. The molecule has 3 nitrogen and oxygen atoms in total. The van der Waals surface area contributed by atoms with Gasteiger partial charge in [0, 0.05) is 18.2 Å². The maximum absolute atomic E-state index is 13.7. The van der Waals surface area contributed by atoms with E-state index in [2.05, 4.69) is 0 Å². The third-order valence-electron chi connectivity index (χ3n) is 3.87. The molecule has 96 valence electrons. The van der Waals surface area contributed by atoms with Gasteiger partial charge in [-0.05, 0) is 24.8 Å². The normalized spacial score (nSPS) is 23.2. The van der Waals surface area contributed by atoms with E-state index in [1.807, 2.05) is 0 Å². The highest BCUT2D eigenvalue weighted by Crippen LogP contribution is 2.39. The molecule has 1 amide bonds. The Morgan fingerprint density at radius 1 is 1.33 bits per heavy atom. The number of fused-ring (bicyclic) bond motifs is 1. The monoisotopic (exact) mass is 252 g/mol. The summed E-state index contributed by atoms with van der Waals surface area (Å²) in [5, 5.41) is 0. The van der Waals surface area contributed by atoms with Crippen molar-refractivity contribution in [2.24, 2.45) is 11.7 Å². The van der Waals surface area contributed by atoms with E-state index in [9.17, 15) is 13.6 Å². The van der Waals surface area contributed by atoms with E-state index < -0.39 is 17.7 Å². The van der Waals surface area contributed by atoms with Crippen LogP contribution in [0, 0.1) is 17.6 Å². The van der Waals surface area contributed by atoms with Gasteiger partial charge < -0.3 is 10.6 Å². The molecule has 3 rings (SSSR count). The Kier molecular flexibility index (Phi) is 2.59. The Morgan fingerprint density at radius 2 is 2.06 bits per heavy atom. The van der Waals surface area contributed by atoms with E-state index in [-0.39, 0.29) is 11.5 Å². The number of carbonyl (C=O) groups excluding carboxylic acids is 1. The molecular formula is C13H14F2N2O. The predicted octanol–water partition coefficient (Wildman–Crippen LogP) is 2.11. The van der Waals surface area contributed by atoms with E-state index >= 15 is 0 Å². The summed E-state index contributed by atoms with van der Waals surface area (Å²) in [5.74, 6) is -1.31. The van der Waals surface area contributed by atoms with Crippen LogP contribution in [-0.4, -0.2) is 12.5 Å². The zero-order valence-electron chi connectivity index (χ0n) is 9.83. The molecule has 2 aliphatic rings. The Balaban J connectivity index is 2.00. The fraction of sp³-hybridized carbons (Fsp3) is 0.462. The number of benzene rings is 1. The highest BCUT2D eigenvalue weighted by molar-refractivity contribution is 6.04. The summed E-state index contributed by atoms with van der Waals surface area (Å²) < 4.78 is 26.9. The van der Waals surface area contributed by atoms with Crippen molar-refractivity contribution < 1.29 is 13.6 Å². The number of amides is 1. The van der Waals surface area contributed by atoms with E-state index in [1.165, 1.54) is 11.0 Å². The number of anilines is 1. The Bertz CT molecular complexity index is 514. The van der Waals surface area contributed by atoms with Crippen molar-refractivity contribution in [1.82, 2.24) is 0 Å². The average molecular weight is 252 g/mol. The number of hydrogen-bond donors (Lipinski definition) is 1. The van der Waals surface area contributed by atoms with Crippen LogP contribution in [0.15, 0.2) is 12.1 Å². The van der Waals surface area contributed by atoms with Crippen LogP contribution in [-0.2, 0) is 4.79 Å². The van der Waals surface area contributed by atoms with Crippen LogP contribution in [0.25, 0.3) is 0 Å². The van der Waals surface area contributed by atoms with Gasteiger partial charge in [-0.2, -0.15) is 0 Å². The number of nitrogens with zero attached hydrogens (tertiary/aromatic N) is 1. The summed E-state index contributed by atoms with van der Waals surface area (Å²) in [6.45, 7) is 0.516. The van der Waals surface area contributed by atoms with Gasteiger partial charge in [0.05, 0.1) is 5.69 Å². The van der Waals surface area contributed by atoms with Crippen molar-refractivity contribution in [3.8, 4) is 0 Å². The van der Waals surface area contributed by atoms with E-state index in [0.717, 1.165) is 25.3 Å². The van der Waals surface area contributed by atoms with E-state index in [0.29, 0.717) is 18.2 Å². The SMILES string of the molecule is NC1C(=O)N(CC2CCC2)c2cc(F)cc(F)c21. The van der Waals surface area contributed by atoms with Gasteiger partial charge in [0.1, 0.15) is 17.7 Å². The molecule has 0 bridgehead atoms. The molecule has 18 heavy (non-hydrogen) atoms. The van der Waals surface area contributed by atoms with Crippen molar-refractivity contribution in [1.29, 1.82) is 0 Å². The van der Waals surface area contributed by atoms with Crippen molar-refractivity contribution >= 4 is 11.6 Å². The first-order chi connectivity index (χ1) is 8.58. The van der Waals surface area contributed by atoms with Gasteiger partial charge >= 0.3 is 0 Å². The molecule has 1 aromatic rings. The first kappa shape index (κ1) is 11.6. The van der Waals surface area contributed by atoms with Gasteiger partial charge in [0.2, 0.25) is 5.91 Å². The van der Waals surface area contributed by atoms with Crippen LogP contribution in [0.5, 0.6) is 0 Å². The van der Waals surface area contributed by atoms with Crippen LogP contribution in [0.3, 0.4) is 0 Å². The van der Waals surface area contributed by atoms with Crippen molar-refractivity contribution in [3.05, 3.63) is 29.3 Å². The molecular weight excluding hydrogens is 238 g/mol. The maximum Gasteiger partial charge on any atom is 0.248 e. The third kappa shape index (κ3) is 1.61. The van der Waals surface area contributed by atoms with Crippen LogP contribution in [0.4, 0.5) is 14.5 Å². The smallest absolute Gasteiger partial charge is 0.248 e. The quantitative estimate of drug-likeness (QED) is 0.876. The number of rotatable bonds is 2. The Labute approximate surface area is 104 Å². The zero-order valence-corrected chi connectivity index (χ0v) is 9.83. The molecule has 2 N–H and O–H groups in total. The lowest BCUT2D eigenvalue weighted by atomic mass is 9.85. The minimum absolute atomic E-state index is 0.126. The molecule has 1 heterocycles. The highest BCUT2D eigenvalue weighted by atomic mass is 19.1. The number of carbonyl (C=O) groups is 1. The molecule has 5 heteroatoms. The molecule has 1 saturated carbocycles. The minimum Gasteiger partial charge on any atom is -0.316 e.